The molecule has 14 heavy (non-hydrogen) atoms. The number of thioether (sulfide) groups is 1. The maximum absolute atomic E-state index is 4.11. The lowest BCUT2D eigenvalue weighted by molar-refractivity contribution is 0.410. The highest BCUT2D eigenvalue weighted by molar-refractivity contribution is 8.01. The van der Waals surface area contributed by atoms with Crippen LogP contribution in [0.1, 0.15) is 17.8 Å². The van der Waals surface area contributed by atoms with Gasteiger partial charge >= 0.3 is 0 Å². The molecule has 1 N–H and O–H groups in total. The normalized spacial score (nSPS) is 22.5. The van der Waals surface area contributed by atoms with E-state index in [-0.39, 0.29) is 0 Å². The quantitative estimate of drug-likeness (QED) is 0.804. The van der Waals surface area contributed by atoms with E-state index in [4.69, 9.17) is 0 Å². The Morgan fingerprint density at radius 1 is 1.57 bits per heavy atom. The van der Waals surface area contributed by atoms with Gasteiger partial charge in [-0.15, -0.1) is 10.2 Å². The van der Waals surface area contributed by atoms with Crippen molar-refractivity contribution in [2.45, 2.75) is 24.1 Å². The van der Waals surface area contributed by atoms with Gasteiger partial charge in [-0.05, 0) is 38.8 Å². The van der Waals surface area contributed by atoms with Gasteiger partial charge in [0.1, 0.15) is 5.01 Å². The molecule has 78 valence electrons. The van der Waals surface area contributed by atoms with E-state index in [1.807, 2.05) is 18.7 Å². The molecule has 0 radical (unpaired) electrons. The summed E-state index contributed by atoms with van der Waals surface area (Å²) >= 11 is 3.55. The first-order valence-corrected chi connectivity index (χ1v) is 6.78. The number of piperidine rings is 1. The van der Waals surface area contributed by atoms with Crippen LogP contribution < -0.4 is 5.32 Å². The smallest absolute Gasteiger partial charge is 0.174 e. The first kappa shape index (κ1) is 10.4. The summed E-state index contributed by atoms with van der Waals surface area (Å²) in [7, 11) is 0. The number of aromatic nitrogens is 2. The molecular weight excluding hydrogens is 214 g/mol. The van der Waals surface area contributed by atoms with Crippen molar-refractivity contribution < 1.29 is 0 Å². The lowest BCUT2D eigenvalue weighted by atomic mass is 10.0. The van der Waals surface area contributed by atoms with Crippen molar-refractivity contribution in [3.8, 4) is 0 Å². The zero-order valence-electron chi connectivity index (χ0n) is 8.32. The molecule has 0 amide bonds. The van der Waals surface area contributed by atoms with Gasteiger partial charge in [0.15, 0.2) is 4.34 Å². The third-order valence-corrected chi connectivity index (χ3v) is 4.55. The van der Waals surface area contributed by atoms with E-state index in [2.05, 4.69) is 15.5 Å². The Morgan fingerprint density at radius 2 is 2.50 bits per heavy atom. The number of aryl methyl sites for hydroxylation is 1. The zero-order valence-corrected chi connectivity index (χ0v) is 9.96. The van der Waals surface area contributed by atoms with E-state index in [1.54, 1.807) is 11.3 Å². The second-order valence-corrected chi connectivity index (χ2v) is 6.06. The molecule has 0 aromatic carbocycles. The fraction of sp³-hybridized carbons (Fsp3) is 0.778. The number of nitrogens with one attached hydrogen (secondary N) is 1. The topological polar surface area (TPSA) is 37.8 Å². The van der Waals surface area contributed by atoms with Crippen LogP contribution in [0.25, 0.3) is 0 Å². The van der Waals surface area contributed by atoms with Crippen molar-refractivity contribution in [2.24, 2.45) is 5.92 Å². The standard InChI is InChI=1S/C9H15N3S2/c1-7-11-12-9(14-7)13-6-8-3-2-4-10-5-8/h8,10H,2-6H2,1H3. The molecule has 2 rings (SSSR count). The third-order valence-electron chi connectivity index (χ3n) is 2.35. The molecule has 1 aliphatic heterocycles. The van der Waals surface area contributed by atoms with Crippen LogP contribution in [0.15, 0.2) is 4.34 Å². The van der Waals surface area contributed by atoms with Crippen molar-refractivity contribution in [3.63, 3.8) is 0 Å². The van der Waals surface area contributed by atoms with E-state index < -0.39 is 0 Å². The van der Waals surface area contributed by atoms with Gasteiger partial charge < -0.3 is 5.32 Å². The number of hydrogen-bond acceptors (Lipinski definition) is 5. The largest absolute Gasteiger partial charge is 0.316 e. The molecular formula is C9H15N3S2. The molecule has 0 bridgehead atoms. The van der Waals surface area contributed by atoms with Gasteiger partial charge in [0.25, 0.3) is 0 Å². The Hall–Kier alpha value is -0.130. The molecule has 0 aliphatic carbocycles. The van der Waals surface area contributed by atoms with Crippen molar-refractivity contribution in [2.75, 3.05) is 18.8 Å². The van der Waals surface area contributed by atoms with Gasteiger partial charge in [-0.2, -0.15) is 0 Å². The predicted molar refractivity (Wildman–Crippen MR) is 61.0 cm³/mol. The number of nitrogens with zero attached hydrogens (tertiary/aromatic N) is 2. The molecule has 1 aromatic rings. The fourth-order valence-electron chi connectivity index (χ4n) is 1.59. The summed E-state index contributed by atoms with van der Waals surface area (Å²) in [5.41, 5.74) is 0. The van der Waals surface area contributed by atoms with Crippen molar-refractivity contribution in [1.29, 1.82) is 0 Å². The van der Waals surface area contributed by atoms with Gasteiger partial charge in [-0.25, -0.2) is 0 Å². The lowest BCUT2D eigenvalue weighted by Gasteiger charge is -2.21. The van der Waals surface area contributed by atoms with Gasteiger partial charge in [-0.3, -0.25) is 0 Å². The Balaban J connectivity index is 1.76. The summed E-state index contributed by atoms with van der Waals surface area (Å²) in [5.74, 6) is 2.00. The van der Waals surface area contributed by atoms with Crippen LogP contribution in [0.5, 0.6) is 0 Å². The van der Waals surface area contributed by atoms with E-state index >= 15 is 0 Å². The SMILES string of the molecule is Cc1nnc(SCC2CCCNC2)s1. The van der Waals surface area contributed by atoms with Crippen LogP contribution in [-0.4, -0.2) is 29.0 Å². The van der Waals surface area contributed by atoms with Crippen LogP contribution in [0, 0.1) is 12.8 Å². The van der Waals surface area contributed by atoms with Crippen molar-refractivity contribution in [3.05, 3.63) is 5.01 Å². The van der Waals surface area contributed by atoms with Crippen molar-refractivity contribution in [1.82, 2.24) is 15.5 Å². The van der Waals surface area contributed by atoms with E-state index in [1.165, 1.54) is 31.7 Å². The predicted octanol–water partition coefficient (Wildman–Crippen LogP) is 1.94. The Bertz CT molecular complexity index is 281. The summed E-state index contributed by atoms with van der Waals surface area (Å²) in [5, 5.41) is 12.6. The minimum Gasteiger partial charge on any atom is -0.316 e. The molecule has 1 saturated heterocycles. The van der Waals surface area contributed by atoms with E-state index in [0.29, 0.717) is 0 Å². The molecule has 0 saturated carbocycles. The monoisotopic (exact) mass is 229 g/mol. The third kappa shape index (κ3) is 2.93. The average molecular weight is 229 g/mol. The Morgan fingerprint density at radius 3 is 3.14 bits per heavy atom. The first-order valence-electron chi connectivity index (χ1n) is 4.98. The first-order chi connectivity index (χ1) is 6.84. The zero-order chi connectivity index (χ0) is 9.80. The second-order valence-electron chi connectivity index (χ2n) is 3.61. The summed E-state index contributed by atoms with van der Waals surface area (Å²) in [6.45, 7) is 4.37. The van der Waals surface area contributed by atoms with Crippen LogP contribution >= 0.6 is 23.1 Å². The van der Waals surface area contributed by atoms with Gasteiger partial charge in [0.2, 0.25) is 0 Å². The van der Waals surface area contributed by atoms with Gasteiger partial charge in [-0.1, -0.05) is 23.1 Å². The molecule has 1 fully saturated rings. The molecule has 2 heterocycles. The number of rotatable bonds is 3. The Kier molecular flexibility index (Phi) is 3.78. The minimum atomic E-state index is 0.818. The van der Waals surface area contributed by atoms with E-state index in [9.17, 15) is 0 Å². The highest BCUT2D eigenvalue weighted by atomic mass is 32.2. The minimum absolute atomic E-state index is 0.818. The summed E-state index contributed by atoms with van der Waals surface area (Å²) in [6, 6.07) is 0. The highest BCUT2D eigenvalue weighted by Crippen LogP contribution is 2.25. The summed E-state index contributed by atoms with van der Waals surface area (Å²) in [6.07, 6.45) is 2.68. The molecule has 3 nitrogen and oxygen atoms in total. The lowest BCUT2D eigenvalue weighted by Crippen LogP contribution is -2.30. The van der Waals surface area contributed by atoms with Crippen LogP contribution in [0.2, 0.25) is 0 Å². The molecule has 1 aromatic heterocycles. The summed E-state index contributed by atoms with van der Waals surface area (Å²) in [4.78, 5) is 0. The molecule has 1 atom stereocenters. The van der Waals surface area contributed by atoms with Gasteiger partial charge in [0, 0.05) is 5.75 Å². The maximum atomic E-state index is 4.11. The Labute approximate surface area is 92.7 Å². The fourth-order valence-corrected chi connectivity index (χ4v) is 3.57. The van der Waals surface area contributed by atoms with Crippen LogP contribution in [0.3, 0.4) is 0 Å². The van der Waals surface area contributed by atoms with Crippen LogP contribution in [0.4, 0.5) is 0 Å². The average Bonchev–Trinajstić information content (AvgIpc) is 2.63. The van der Waals surface area contributed by atoms with Gasteiger partial charge in [0.05, 0.1) is 0 Å². The second kappa shape index (κ2) is 5.09. The van der Waals surface area contributed by atoms with E-state index in [0.717, 1.165) is 15.3 Å². The number of hydrogen-bond donors (Lipinski definition) is 1. The summed E-state index contributed by atoms with van der Waals surface area (Å²) < 4.78 is 1.12. The van der Waals surface area contributed by atoms with Crippen LogP contribution in [-0.2, 0) is 0 Å². The maximum Gasteiger partial charge on any atom is 0.174 e. The molecule has 1 unspecified atom stereocenters. The molecule has 0 spiro atoms. The highest BCUT2D eigenvalue weighted by Gasteiger charge is 2.13. The molecule has 1 aliphatic rings. The molecule has 5 heteroatoms. The van der Waals surface area contributed by atoms with Crippen molar-refractivity contribution >= 4 is 23.1 Å².